The molecule has 3 heterocycles. The first kappa shape index (κ1) is 15.1. The normalized spacial score (nSPS) is 30.3. The summed E-state index contributed by atoms with van der Waals surface area (Å²) in [6, 6.07) is 2.55. The molecule has 1 saturated heterocycles. The summed E-state index contributed by atoms with van der Waals surface area (Å²) in [6.07, 6.45) is 11.1. The summed E-state index contributed by atoms with van der Waals surface area (Å²) in [5.41, 5.74) is 0.860. The molecule has 1 amide bonds. The maximum Gasteiger partial charge on any atom is 0.254 e. The number of thiophene rings is 1. The molecular formula is C18H23N3OS. The predicted molar refractivity (Wildman–Crippen MR) is 94.9 cm³/mol. The highest BCUT2D eigenvalue weighted by atomic mass is 32.1. The average molecular weight is 329 g/mol. The summed E-state index contributed by atoms with van der Waals surface area (Å²) < 4.78 is 0. The van der Waals surface area contributed by atoms with Crippen LogP contribution in [0.15, 0.2) is 21.4 Å². The van der Waals surface area contributed by atoms with Crippen molar-refractivity contribution in [3.05, 3.63) is 21.9 Å². The second-order valence-corrected chi connectivity index (χ2v) is 7.82. The minimum absolute atomic E-state index is 0.232. The SMILES string of the molecule is O=C(c1csc(C2C=NC=NC2)c1)N1CCCC2CCCCC21. The summed E-state index contributed by atoms with van der Waals surface area (Å²) >= 11 is 1.67. The molecule has 1 aromatic heterocycles. The van der Waals surface area contributed by atoms with E-state index in [9.17, 15) is 4.79 Å². The maximum absolute atomic E-state index is 13.0. The Morgan fingerprint density at radius 2 is 2.09 bits per heavy atom. The molecule has 2 fully saturated rings. The molecular weight excluding hydrogens is 306 g/mol. The van der Waals surface area contributed by atoms with Crippen molar-refractivity contribution in [2.45, 2.75) is 50.5 Å². The third-order valence-corrected chi connectivity index (χ3v) is 6.52. The van der Waals surface area contributed by atoms with Gasteiger partial charge in [-0.25, -0.2) is 4.99 Å². The molecule has 4 rings (SSSR count). The van der Waals surface area contributed by atoms with Crippen LogP contribution in [0.1, 0.15) is 59.7 Å². The Balaban J connectivity index is 1.51. The monoisotopic (exact) mass is 329 g/mol. The summed E-state index contributed by atoms with van der Waals surface area (Å²) in [6.45, 7) is 1.67. The van der Waals surface area contributed by atoms with Crippen LogP contribution in [0, 0.1) is 5.92 Å². The first-order valence-electron chi connectivity index (χ1n) is 8.74. The van der Waals surface area contributed by atoms with Crippen molar-refractivity contribution >= 4 is 29.8 Å². The smallest absolute Gasteiger partial charge is 0.254 e. The third kappa shape index (κ3) is 2.99. The number of aliphatic imine (C=N–C) groups is 2. The minimum Gasteiger partial charge on any atom is -0.335 e. The number of piperidine rings is 1. The number of rotatable bonds is 2. The Kier molecular flexibility index (Phi) is 4.29. The molecule has 122 valence electrons. The van der Waals surface area contributed by atoms with Gasteiger partial charge in [-0.2, -0.15) is 0 Å². The maximum atomic E-state index is 13.0. The van der Waals surface area contributed by atoms with Gasteiger partial charge in [0.25, 0.3) is 5.91 Å². The highest BCUT2D eigenvalue weighted by Crippen LogP contribution is 2.36. The summed E-state index contributed by atoms with van der Waals surface area (Å²) in [7, 11) is 0. The fraction of sp³-hybridized carbons (Fsp3) is 0.611. The van der Waals surface area contributed by atoms with E-state index in [1.165, 1.54) is 37.0 Å². The number of hydrogen-bond donors (Lipinski definition) is 0. The minimum atomic E-state index is 0.232. The second-order valence-electron chi connectivity index (χ2n) is 6.88. The Labute approximate surface area is 141 Å². The van der Waals surface area contributed by atoms with E-state index in [2.05, 4.69) is 21.0 Å². The topological polar surface area (TPSA) is 45.0 Å². The van der Waals surface area contributed by atoms with Crippen LogP contribution in [-0.4, -0.2) is 42.5 Å². The largest absolute Gasteiger partial charge is 0.335 e. The zero-order chi connectivity index (χ0) is 15.6. The molecule has 0 spiro atoms. The van der Waals surface area contributed by atoms with Gasteiger partial charge in [-0.3, -0.25) is 9.79 Å². The van der Waals surface area contributed by atoms with E-state index in [-0.39, 0.29) is 11.8 Å². The Bertz CT molecular complexity index is 634. The molecule has 0 radical (unpaired) electrons. The van der Waals surface area contributed by atoms with Crippen LogP contribution in [0.5, 0.6) is 0 Å². The molecule has 1 aromatic rings. The average Bonchev–Trinajstić information content (AvgIpc) is 3.11. The lowest BCUT2D eigenvalue weighted by Crippen LogP contribution is -2.49. The molecule has 3 atom stereocenters. The first-order chi connectivity index (χ1) is 11.3. The molecule has 2 aliphatic heterocycles. The molecule has 0 aromatic carbocycles. The Morgan fingerprint density at radius 3 is 2.96 bits per heavy atom. The molecule has 4 nitrogen and oxygen atoms in total. The summed E-state index contributed by atoms with van der Waals surface area (Å²) in [5, 5.41) is 2.02. The van der Waals surface area contributed by atoms with Gasteiger partial charge >= 0.3 is 0 Å². The van der Waals surface area contributed by atoms with Gasteiger partial charge in [-0.15, -0.1) is 11.3 Å². The van der Waals surface area contributed by atoms with Gasteiger partial charge in [0.1, 0.15) is 6.34 Å². The van der Waals surface area contributed by atoms with Crippen LogP contribution in [0.3, 0.4) is 0 Å². The van der Waals surface area contributed by atoms with E-state index >= 15 is 0 Å². The van der Waals surface area contributed by atoms with Crippen molar-refractivity contribution in [1.82, 2.24) is 4.90 Å². The molecule has 1 aliphatic carbocycles. The lowest BCUT2D eigenvalue weighted by molar-refractivity contribution is 0.0391. The number of nitrogens with zero attached hydrogens (tertiary/aromatic N) is 3. The predicted octanol–water partition coefficient (Wildman–Crippen LogP) is 3.74. The molecule has 1 saturated carbocycles. The van der Waals surface area contributed by atoms with Crippen molar-refractivity contribution in [3.63, 3.8) is 0 Å². The summed E-state index contributed by atoms with van der Waals surface area (Å²) in [4.78, 5) is 24.7. The molecule has 0 N–H and O–H groups in total. The fourth-order valence-electron chi connectivity index (χ4n) is 4.26. The van der Waals surface area contributed by atoms with E-state index in [1.807, 2.05) is 11.6 Å². The number of fused-ring (bicyclic) bond motifs is 1. The second kappa shape index (κ2) is 6.56. The van der Waals surface area contributed by atoms with Gasteiger partial charge in [-0.1, -0.05) is 12.8 Å². The Hall–Kier alpha value is -1.49. The van der Waals surface area contributed by atoms with Crippen LogP contribution in [-0.2, 0) is 0 Å². The van der Waals surface area contributed by atoms with Gasteiger partial charge in [0.15, 0.2) is 0 Å². The number of carbonyl (C=O) groups is 1. The number of likely N-dealkylation sites (tertiary alicyclic amines) is 1. The van der Waals surface area contributed by atoms with Gasteiger partial charge in [0.05, 0.1) is 12.1 Å². The number of carbonyl (C=O) groups excluding carboxylic acids is 1. The van der Waals surface area contributed by atoms with Crippen LogP contribution < -0.4 is 0 Å². The zero-order valence-electron chi connectivity index (χ0n) is 13.4. The number of amides is 1. The number of hydrogen-bond acceptors (Lipinski definition) is 4. The van der Waals surface area contributed by atoms with Crippen LogP contribution >= 0.6 is 11.3 Å². The standard InChI is InChI=1S/C18H23N3OS/c22-18(21-7-3-5-13-4-1-2-6-16(13)21)14-8-17(23-11-14)15-9-19-12-20-10-15/h8-9,11-13,15-16H,1-7,10H2. The zero-order valence-corrected chi connectivity index (χ0v) is 14.2. The van der Waals surface area contributed by atoms with Crippen molar-refractivity contribution in [3.8, 4) is 0 Å². The lowest BCUT2D eigenvalue weighted by Gasteiger charge is -2.44. The van der Waals surface area contributed by atoms with Gasteiger partial charge in [-0.05, 0) is 37.7 Å². The van der Waals surface area contributed by atoms with E-state index < -0.39 is 0 Å². The van der Waals surface area contributed by atoms with E-state index in [4.69, 9.17) is 0 Å². The van der Waals surface area contributed by atoms with E-state index in [0.29, 0.717) is 6.04 Å². The third-order valence-electron chi connectivity index (χ3n) is 5.45. The highest BCUT2D eigenvalue weighted by molar-refractivity contribution is 7.10. The van der Waals surface area contributed by atoms with Crippen molar-refractivity contribution in [1.29, 1.82) is 0 Å². The van der Waals surface area contributed by atoms with Crippen molar-refractivity contribution in [2.24, 2.45) is 15.9 Å². The van der Waals surface area contributed by atoms with Gasteiger partial charge < -0.3 is 4.90 Å². The fourth-order valence-corrected chi connectivity index (χ4v) is 5.20. The summed E-state index contributed by atoms with van der Waals surface area (Å²) in [5.74, 6) is 1.20. The quantitative estimate of drug-likeness (QED) is 0.815. The molecule has 3 unspecified atom stereocenters. The van der Waals surface area contributed by atoms with Crippen LogP contribution in [0.25, 0.3) is 0 Å². The molecule has 23 heavy (non-hydrogen) atoms. The van der Waals surface area contributed by atoms with Gasteiger partial charge in [0.2, 0.25) is 0 Å². The van der Waals surface area contributed by atoms with Gasteiger partial charge in [0, 0.05) is 35.0 Å². The van der Waals surface area contributed by atoms with Crippen LogP contribution in [0.4, 0.5) is 0 Å². The van der Waals surface area contributed by atoms with Crippen molar-refractivity contribution in [2.75, 3.05) is 13.1 Å². The Morgan fingerprint density at radius 1 is 1.22 bits per heavy atom. The molecule has 0 bridgehead atoms. The highest BCUT2D eigenvalue weighted by Gasteiger charge is 2.36. The van der Waals surface area contributed by atoms with Crippen molar-refractivity contribution < 1.29 is 4.79 Å². The molecule has 3 aliphatic rings. The van der Waals surface area contributed by atoms with E-state index in [1.54, 1.807) is 17.7 Å². The first-order valence-corrected chi connectivity index (χ1v) is 9.62. The lowest BCUT2D eigenvalue weighted by atomic mass is 9.78. The van der Waals surface area contributed by atoms with E-state index in [0.717, 1.165) is 31.0 Å². The van der Waals surface area contributed by atoms with Crippen LogP contribution in [0.2, 0.25) is 0 Å². The molecule has 5 heteroatoms.